The first-order valence-electron chi connectivity index (χ1n) is 8.10. The molecule has 1 aliphatic heterocycles. The average Bonchev–Trinajstić information content (AvgIpc) is 2.57. The third kappa shape index (κ3) is 3.89. The van der Waals surface area contributed by atoms with E-state index in [2.05, 4.69) is 0 Å². The minimum absolute atomic E-state index is 0.136. The van der Waals surface area contributed by atoms with Gasteiger partial charge in [0.1, 0.15) is 11.6 Å². The van der Waals surface area contributed by atoms with E-state index in [-0.39, 0.29) is 10.7 Å². The molecule has 3 rings (SSSR count). The summed E-state index contributed by atoms with van der Waals surface area (Å²) in [6, 6.07) is 10.3. The topological polar surface area (TPSA) is 40.6 Å². The van der Waals surface area contributed by atoms with Crippen LogP contribution in [0.1, 0.15) is 11.1 Å². The number of halogens is 2. The van der Waals surface area contributed by atoms with Gasteiger partial charge in [-0.05, 0) is 36.8 Å². The van der Waals surface area contributed by atoms with Crippen LogP contribution in [-0.2, 0) is 16.6 Å². The van der Waals surface area contributed by atoms with Crippen LogP contribution in [0.15, 0.2) is 47.4 Å². The molecular formula is C18H20F2N2O2S. The van der Waals surface area contributed by atoms with Crippen molar-refractivity contribution in [2.45, 2.75) is 18.4 Å². The smallest absolute Gasteiger partial charge is 0.243 e. The molecule has 0 radical (unpaired) electrons. The highest BCUT2D eigenvalue weighted by molar-refractivity contribution is 7.89. The van der Waals surface area contributed by atoms with E-state index in [1.54, 1.807) is 25.1 Å². The van der Waals surface area contributed by atoms with Gasteiger partial charge in [0.25, 0.3) is 0 Å². The predicted octanol–water partition coefficient (Wildman–Crippen LogP) is 2.78. The van der Waals surface area contributed by atoms with Crippen molar-refractivity contribution in [1.29, 1.82) is 0 Å². The van der Waals surface area contributed by atoms with Crippen LogP contribution in [0.2, 0.25) is 0 Å². The molecule has 1 fully saturated rings. The standard InChI is InChI=1S/C18H20F2N2O2S/c1-14-12-16(19)6-7-18(14)25(23,24)22-10-8-21(9-11-22)13-15-4-2-3-5-17(15)20/h2-7,12H,8-11,13H2,1H3. The van der Waals surface area contributed by atoms with Crippen LogP contribution in [0.25, 0.3) is 0 Å². The van der Waals surface area contributed by atoms with E-state index in [9.17, 15) is 17.2 Å². The maximum atomic E-state index is 13.7. The normalized spacial score (nSPS) is 16.9. The molecule has 4 nitrogen and oxygen atoms in total. The zero-order valence-electron chi connectivity index (χ0n) is 14.0. The van der Waals surface area contributed by atoms with Crippen molar-refractivity contribution < 1.29 is 17.2 Å². The van der Waals surface area contributed by atoms with Crippen molar-refractivity contribution in [2.75, 3.05) is 26.2 Å². The summed E-state index contributed by atoms with van der Waals surface area (Å²) in [6.45, 7) is 3.74. The molecule has 0 N–H and O–H groups in total. The van der Waals surface area contributed by atoms with Gasteiger partial charge < -0.3 is 0 Å². The first kappa shape index (κ1) is 18.0. The van der Waals surface area contributed by atoms with Gasteiger partial charge in [-0.25, -0.2) is 17.2 Å². The van der Waals surface area contributed by atoms with Gasteiger partial charge in [-0.15, -0.1) is 0 Å². The Morgan fingerprint density at radius 3 is 2.32 bits per heavy atom. The Bertz CT molecular complexity index is 863. The Morgan fingerprint density at radius 1 is 1.00 bits per heavy atom. The van der Waals surface area contributed by atoms with Crippen LogP contribution < -0.4 is 0 Å². The third-order valence-corrected chi connectivity index (χ3v) is 6.50. The lowest BCUT2D eigenvalue weighted by Crippen LogP contribution is -2.48. The summed E-state index contributed by atoms with van der Waals surface area (Å²) in [5.41, 5.74) is 1.00. The molecular weight excluding hydrogens is 346 g/mol. The second-order valence-electron chi connectivity index (χ2n) is 6.18. The van der Waals surface area contributed by atoms with Crippen molar-refractivity contribution >= 4 is 10.0 Å². The number of hydrogen-bond donors (Lipinski definition) is 0. The van der Waals surface area contributed by atoms with Crippen molar-refractivity contribution in [3.63, 3.8) is 0 Å². The van der Waals surface area contributed by atoms with E-state index in [4.69, 9.17) is 0 Å². The number of hydrogen-bond acceptors (Lipinski definition) is 3. The van der Waals surface area contributed by atoms with Crippen LogP contribution >= 0.6 is 0 Å². The second kappa shape index (κ2) is 7.19. The van der Waals surface area contributed by atoms with E-state index in [1.165, 1.54) is 22.5 Å². The van der Waals surface area contributed by atoms with Gasteiger partial charge >= 0.3 is 0 Å². The molecule has 0 unspecified atom stereocenters. The van der Waals surface area contributed by atoms with E-state index >= 15 is 0 Å². The summed E-state index contributed by atoms with van der Waals surface area (Å²) < 4.78 is 53.9. The molecule has 1 aliphatic rings. The number of rotatable bonds is 4. The largest absolute Gasteiger partial charge is 0.296 e. The van der Waals surface area contributed by atoms with Crippen LogP contribution in [0.5, 0.6) is 0 Å². The Hall–Kier alpha value is -1.83. The molecule has 25 heavy (non-hydrogen) atoms. The zero-order valence-corrected chi connectivity index (χ0v) is 14.8. The van der Waals surface area contributed by atoms with E-state index in [0.29, 0.717) is 43.9 Å². The fourth-order valence-electron chi connectivity index (χ4n) is 3.04. The first-order chi connectivity index (χ1) is 11.9. The summed E-state index contributed by atoms with van der Waals surface area (Å²) >= 11 is 0. The molecule has 0 spiro atoms. The monoisotopic (exact) mass is 366 g/mol. The summed E-state index contributed by atoms with van der Waals surface area (Å²) in [4.78, 5) is 2.17. The van der Waals surface area contributed by atoms with Gasteiger partial charge in [-0.2, -0.15) is 4.31 Å². The maximum Gasteiger partial charge on any atom is 0.243 e. The lowest BCUT2D eigenvalue weighted by molar-refractivity contribution is 0.180. The number of sulfonamides is 1. The Labute approximate surface area is 146 Å². The van der Waals surface area contributed by atoms with Crippen LogP contribution in [0.3, 0.4) is 0 Å². The molecule has 2 aromatic rings. The first-order valence-corrected chi connectivity index (χ1v) is 9.54. The quantitative estimate of drug-likeness (QED) is 0.836. The zero-order chi connectivity index (χ0) is 18.0. The van der Waals surface area contributed by atoms with Gasteiger partial charge in [-0.3, -0.25) is 4.90 Å². The molecule has 2 aromatic carbocycles. The van der Waals surface area contributed by atoms with Crippen molar-refractivity contribution in [3.8, 4) is 0 Å². The van der Waals surface area contributed by atoms with Crippen molar-refractivity contribution in [3.05, 3.63) is 65.2 Å². The molecule has 0 saturated carbocycles. The molecule has 0 atom stereocenters. The van der Waals surface area contributed by atoms with Crippen molar-refractivity contribution in [1.82, 2.24) is 9.21 Å². The van der Waals surface area contributed by atoms with E-state index < -0.39 is 15.8 Å². The number of piperazine rings is 1. The average molecular weight is 366 g/mol. The van der Waals surface area contributed by atoms with Gasteiger partial charge in [0.2, 0.25) is 10.0 Å². The van der Waals surface area contributed by atoms with E-state index in [1.807, 2.05) is 4.90 Å². The van der Waals surface area contributed by atoms with Gasteiger partial charge in [-0.1, -0.05) is 18.2 Å². The minimum atomic E-state index is -3.65. The lowest BCUT2D eigenvalue weighted by atomic mass is 10.2. The highest BCUT2D eigenvalue weighted by Gasteiger charge is 2.29. The molecule has 0 bridgehead atoms. The molecule has 1 heterocycles. The molecule has 7 heteroatoms. The SMILES string of the molecule is Cc1cc(F)ccc1S(=O)(=O)N1CCN(Cc2ccccc2F)CC1. The fourth-order valence-corrected chi connectivity index (χ4v) is 4.66. The van der Waals surface area contributed by atoms with Gasteiger partial charge in [0, 0.05) is 38.3 Å². The molecule has 134 valence electrons. The highest BCUT2D eigenvalue weighted by atomic mass is 32.2. The van der Waals surface area contributed by atoms with Gasteiger partial charge in [0.05, 0.1) is 4.90 Å². The Morgan fingerprint density at radius 2 is 1.68 bits per heavy atom. The van der Waals surface area contributed by atoms with Crippen LogP contribution in [0.4, 0.5) is 8.78 Å². The van der Waals surface area contributed by atoms with E-state index in [0.717, 1.165) is 6.07 Å². The lowest BCUT2D eigenvalue weighted by Gasteiger charge is -2.34. The summed E-state index contributed by atoms with van der Waals surface area (Å²) in [7, 11) is -3.65. The minimum Gasteiger partial charge on any atom is -0.296 e. The number of benzene rings is 2. The van der Waals surface area contributed by atoms with Gasteiger partial charge in [0.15, 0.2) is 0 Å². The highest BCUT2D eigenvalue weighted by Crippen LogP contribution is 2.22. The number of aryl methyl sites for hydroxylation is 1. The summed E-state index contributed by atoms with van der Waals surface area (Å²) in [6.07, 6.45) is 0. The molecule has 1 saturated heterocycles. The molecule has 0 amide bonds. The van der Waals surface area contributed by atoms with Crippen molar-refractivity contribution in [2.24, 2.45) is 0 Å². The maximum absolute atomic E-state index is 13.7. The Kier molecular flexibility index (Phi) is 5.17. The Balaban J connectivity index is 1.68. The van der Waals surface area contributed by atoms with Crippen LogP contribution in [0, 0.1) is 18.6 Å². The number of nitrogens with zero attached hydrogens (tertiary/aromatic N) is 2. The van der Waals surface area contributed by atoms with Crippen LogP contribution in [-0.4, -0.2) is 43.8 Å². The predicted molar refractivity (Wildman–Crippen MR) is 91.6 cm³/mol. The summed E-state index contributed by atoms with van der Waals surface area (Å²) in [5.74, 6) is -0.703. The summed E-state index contributed by atoms with van der Waals surface area (Å²) in [5, 5.41) is 0. The molecule has 0 aromatic heterocycles. The third-order valence-electron chi connectivity index (χ3n) is 4.44. The fraction of sp³-hybridized carbons (Fsp3) is 0.333. The second-order valence-corrected chi connectivity index (χ2v) is 8.09. The molecule has 0 aliphatic carbocycles.